The first kappa shape index (κ1) is 16.6. The van der Waals surface area contributed by atoms with Gasteiger partial charge >= 0.3 is 0 Å². The van der Waals surface area contributed by atoms with E-state index in [2.05, 4.69) is 18.8 Å². The molecule has 0 aromatic carbocycles. The Morgan fingerprint density at radius 3 is 3.00 bits per heavy atom. The molecule has 3 heterocycles. The van der Waals surface area contributed by atoms with Crippen LogP contribution in [0.5, 0.6) is 0 Å². The van der Waals surface area contributed by atoms with Gasteiger partial charge in [-0.05, 0) is 38.0 Å². The first-order valence-electron chi connectivity index (χ1n) is 8.61. The van der Waals surface area contributed by atoms with E-state index in [9.17, 15) is 9.59 Å². The first-order valence-corrected chi connectivity index (χ1v) is 9.60. The van der Waals surface area contributed by atoms with Crippen molar-refractivity contribution < 1.29 is 4.79 Å². The van der Waals surface area contributed by atoms with Gasteiger partial charge in [-0.15, -0.1) is 0 Å². The van der Waals surface area contributed by atoms with Gasteiger partial charge in [0.2, 0.25) is 0 Å². The minimum absolute atomic E-state index is 0.122. The van der Waals surface area contributed by atoms with Crippen molar-refractivity contribution in [1.29, 1.82) is 0 Å². The van der Waals surface area contributed by atoms with Crippen LogP contribution in [-0.2, 0) is 6.54 Å². The Morgan fingerprint density at radius 1 is 1.39 bits per heavy atom. The molecule has 0 saturated carbocycles. The first-order chi connectivity index (χ1) is 11.1. The molecule has 0 N–H and O–H groups in total. The van der Waals surface area contributed by atoms with E-state index in [-0.39, 0.29) is 23.1 Å². The Bertz CT molecular complexity index is 641. The predicted octanol–water partition coefficient (Wildman–Crippen LogP) is 2.78. The summed E-state index contributed by atoms with van der Waals surface area (Å²) in [5, 5.41) is 0.738. The molecule has 2 aliphatic rings. The van der Waals surface area contributed by atoms with E-state index in [1.807, 2.05) is 4.90 Å². The maximum absolute atomic E-state index is 12.9. The molecule has 1 aromatic rings. The number of hydrogen-bond donors (Lipinski definition) is 0. The molecule has 0 aliphatic carbocycles. The molecule has 1 aromatic heterocycles. The molecule has 0 spiro atoms. The number of rotatable bonds is 4. The smallest absolute Gasteiger partial charge is 0.267 e. The molecular weight excluding hydrogens is 310 g/mol. The second-order valence-electron chi connectivity index (χ2n) is 6.88. The molecule has 2 aliphatic heterocycles. The summed E-state index contributed by atoms with van der Waals surface area (Å²) in [4.78, 5) is 31.8. The van der Waals surface area contributed by atoms with Crippen LogP contribution in [0.1, 0.15) is 56.3 Å². The average molecular weight is 335 g/mol. The summed E-state index contributed by atoms with van der Waals surface area (Å²) in [5.74, 6) is 1.38. The Hall–Kier alpha value is -1.30. The summed E-state index contributed by atoms with van der Waals surface area (Å²) in [6, 6.07) is 0.269. The Balaban J connectivity index is 1.82. The highest BCUT2D eigenvalue weighted by Gasteiger charge is 2.30. The van der Waals surface area contributed by atoms with Gasteiger partial charge in [0.15, 0.2) is 5.16 Å². The summed E-state index contributed by atoms with van der Waals surface area (Å²) < 4.78 is 1.64. The van der Waals surface area contributed by atoms with Crippen LogP contribution >= 0.6 is 11.8 Å². The van der Waals surface area contributed by atoms with Crippen LogP contribution in [-0.4, -0.2) is 38.7 Å². The zero-order valence-electron chi connectivity index (χ0n) is 14.0. The molecule has 1 atom stereocenters. The van der Waals surface area contributed by atoms with Gasteiger partial charge in [0.05, 0.1) is 0 Å². The summed E-state index contributed by atoms with van der Waals surface area (Å²) in [7, 11) is 0. The lowest BCUT2D eigenvalue weighted by Crippen LogP contribution is -2.46. The molecule has 5 nitrogen and oxygen atoms in total. The van der Waals surface area contributed by atoms with Crippen LogP contribution < -0.4 is 5.56 Å². The van der Waals surface area contributed by atoms with Crippen molar-refractivity contribution >= 4 is 17.7 Å². The minimum atomic E-state index is -0.168. The highest BCUT2D eigenvalue weighted by atomic mass is 32.2. The van der Waals surface area contributed by atoms with Crippen LogP contribution in [0, 0.1) is 5.92 Å². The lowest BCUT2D eigenvalue weighted by molar-refractivity contribution is 0.0590. The van der Waals surface area contributed by atoms with Crippen molar-refractivity contribution in [3.05, 3.63) is 22.1 Å². The highest BCUT2D eigenvalue weighted by molar-refractivity contribution is 7.99. The molecule has 3 rings (SSSR count). The topological polar surface area (TPSA) is 55.2 Å². The molecule has 126 valence electrons. The fraction of sp³-hybridized carbons (Fsp3) is 0.706. The van der Waals surface area contributed by atoms with E-state index < -0.39 is 0 Å². The molecule has 1 fully saturated rings. The molecule has 1 unspecified atom stereocenters. The maximum Gasteiger partial charge on any atom is 0.267 e. The van der Waals surface area contributed by atoms with Crippen LogP contribution in [0.25, 0.3) is 0 Å². The predicted molar refractivity (Wildman–Crippen MR) is 92.0 cm³/mol. The standard InChI is InChI=1S/C17H25N3O2S/c1-12(2)6-7-13-5-3-4-8-19(13)15(21)14-11-18-17-20(16(14)22)9-10-23-17/h11-13H,3-10H2,1-2H3. The van der Waals surface area contributed by atoms with Gasteiger partial charge in [-0.1, -0.05) is 25.6 Å². The molecule has 1 saturated heterocycles. The summed E-state index contributed by atoms with van der Waals surface area (Å²) >= 11 is 1.58. The Kier molecular flexibility index (Phi) is 5.09. The van der Waals surface area contributed by atoms with E-state index in [4.69, 9.17) is 0 Å². The fourth-order valence-electron chi connectivity index (χ4n) is 3.41. The number of hydrogen-bond acceptors (Lipinski definition) is 4. The second-order valence-corrected chi connectivity index (χ2v) is 7.94. The molecule has 1 amide bonds. The number of thioether (sulfide) groups is 1. The van der Waals surface area contributed by atoms with E-state index in [1.165, 1.54) is 12.6 Å². The lowest BCUT2D eigenvalue weighted by Gasteiger charge is -2.36. The molecule has 0 bridgehead atoms. The minimum Gasteiger partial charge on any atom is -0.335 e. The quantitative estimate of drug-likeness (QED) is 0.794. The fourth-order valence-corrected chi connectivity index (χ4v) is 4.33. The largest absolute Gasteiger partial charge is 0.335 e. The zero-order chi connectivity index (χ0) is 16.4. The van der Waals surface area contributed by atoms with Crippen molar-refractivity contribution in [2.75, 3.05) is 12.3 Å². The van der Waals surface area contributed by atoms with E-state index in [1.54, 1.807) is 16.3 Å². The van der Waals surface area contributed by atoms with Gasteiger partial charge in [-0.2, -0.15) is 0 Å². The highest BCUT2D eigenvalue weighted by Crippen LogP contribution is 2.25. The number of piperidine rings is 1. The van der Waals surface area contributed by atoms with Crippen LogP contribution in [0.15, 0.2) is 16.1 Å². The lowest BCUT2D eigenvalue weighted by atomic mass is 9.94. The Labute approximate surface area is 141 Å². The third kappa shape index (κ3) is 3.47. The normalized spacial score (nSPS) is 20.8. The van der Waals surface area contributed by atoms with Gasteiger partial charge in [-0.3, -0.25) is 14.2 Å². The van der Waals surface area contributed by atoms with Gasteiger partial charge in [-0.25, -0.2) is 4.98 Å². The van der Waals surface area contributed by atoms with Crippen molar-refractivity contribution in [3.8, 4) is 0 Å². The van der Waals surface area contributed by atoms with Gasteiger partial charge < -0.3 is 4.90 Å². The Morgan fingerprint density at radius 2 is 2.22 bits per heavy atom. The third-order valence-corrected chi connectivity index (χ3v) is 5.72. The van der Waals surface area contributed by atoms with Crippen LogP contribution in [0.4, 0.5) is 0 Å². The van der Waals surface area contributed by atoms with Crippen molar-refractivity contribution in [2.24, 2.45) is 5.92 Å². The average Bonchev–Trinajstić information content (AvgIpc) is 3.02. The summed E-state index contributed by atoms with van der Waals surface area (Å²) in [5.41, 5.74) is 0.0749. The van der Waals surface area contributed by atoms with Crippen molar-refractivity contribution in [2.45, 2.75) is 63.7 Å². The third-order valence-electron chi connectivity index (χ3n) is 4.75. The zero-order valence-corrected chi connectivity index (χ0v) is 14.8. The molecule has 0 radical (unpaired) electrons. The number of nitrogens with zero attached hydrogens (tertiary/aromatic N) is 3. The number of carbonyl (C=O) groups excluding carboxylic acids is 1. The molecular formula is C17H25N3O2S. The number of fused-ring (bicyclic) bond motifs is 1. The number of amides is 1. The van der Waals surface area contributed by atoms with Crippen molar-refractivity contribution in [1.82, 2.24) is 14.5 Å². The van der Waals surface area contributed by atoms with Crippen LogP contribution in [0.2, 0.25) is 0 Å². The van der Waals surface area contributed by atoms with Gasteiger partial charge in [0.1, 0.15) is 5.56 Å². The van der Waals surface area contributed by atoms with E-state index in [0.717, 1.165) is 43.1 Å². The second kappa shape index (κ2) is 7.07. The van der Waals surface area contributed by atoms with Gasteiger partial charge in [0, 0.05) is 31.1 Å². The number of likely N-dealkylation sites (tertiary alicyclic amines) is 1. The van der Waals surface area contributed by atoms with Gasteiger partial charge in [0.25, 0.3) is 11.5 Å². The summed E-state index contributed by atoms with van der Waals surface area (Å²) in [6.07, 6.45) is 6.88. The van der Waals surface area contributed by atoms with E-state index >= 15 is 0 Å². The SMILES string of the molecule is CC(C)CCC1CCCCN1C(=O)c1cnc2n(c1=O)CCS2. The maximum atomic E-state index is 12.9. The summed E-state index contributed by atoms with van der Waals surface area (Å²) in [6.45, 7) is 5.84. The van der Waals surface area contributed by atoms with Crippen molar-refractivity contribution in [3.63, 3.8) is 0 Å². The van der Waals surface area contributed by atoms with E-state index in [0.29, 0.717) is 12.5 Å². The number of carbonyl (C=O) groups is 1. The molecule has 23 heavy (non-hydrogen) atoms. The van der Waals surface area contributed by atoms with Crippen LogP contribution in [0.3, 0.4) is 0 Å². The molecule has 6 heteroatoms. The monoisotopic (exact) mass is 335 g/mol. The number of aromatic nitrogens is 2.